The maximum absolute atomic E-state index is 10.7. The molecule has 0 heterocycles. The molecule has 0 spiro atoms. The molecule has 0 aliphatic carbocycles. The van der Waals surface area contributed by atoms with Crippen LogP contribution >= 0.6 is 0 Å². The van der Waals surface area contributed by atoms with Gasteiger partial charge in [0.25, 0.3) is 0 Å². The predicted octanol–water partition coefficient (Wildman–Crippen LogP) is 9.17. The molecule has 0 unspecified atom stereocenters. The Bertz CT molecular complexity index is 1310. The van der Waals surface area contributed by atoms with E-state index in [4.69, 9.17) is 14.0 Å². The van der Waals surface area contributed by atoms with Crippen LogP contribution in [0.4, 0.5) is 0 Å². The van der Waals surface area contributed by atoms with Crippen LogP contribution in [0, 0.1) is 11.8 Å². The van der Waals surface area contributed by atoms with Gasteiger partial charge in [-0.3, -0.25) is 0 Å². The molecule has 1 N–H and O–H groups in total. The molecule has 0 aliphatic rings. The highest BCUT2D eigenvalue weighted by Crippen LogP contribution is 2.38. The number of carbonyl (C=O) groups is 1. The minimum Gasteiger partial charge on any atom is -0.478 e. The highest BCUT2D eigenvalue weighted by molar-refractivity contribution is 6.74. The van der Waals surface area contributed by atoms with Crippen LogP contribution in [0.3, 0.4) is 0 Å². The van der Waals surface area contributed by atoms with Crippen LogP contribution in [0.5, 0.6) is 0 Å². The molecule has 2 aromatic carbocycles. The van der Waals surface area contributed by atoms with Crippen LogP contribution in [0.1, 0.15) is 76.3 Å². The van der Waals surface area contributed by atoms with Crippen LogP contribution in [0.25, 0.3) is 5.57 Å². The van der Waals surface area contributed by atoms with E-state index < -0.39 is 22.6 Å². The number of hydrogen-bond acceptors (Lipinski definition) is 3. The fourth-order valence-electron chi connectivity index (χ4n) is 3.29. The SMILES string of the molecule is CC(=CC=CC(=O)O)c1cccc(C#Cc2ccc(CO[Si](C)(C)C(C)(C)C)c(CO[Si](C)(C)C(C)(C)C)c2)c1. The zero-order chi connectivity index (χ0) is 30.4. The normalized spacial score (nSPS) is 13.3. The summed E-state index contributed by atoms with van der Waals surface area (Å²) in [4.78, 5) is 10.7. The first-order valence-corrected chi connectivity index (χ1v) is 19.7. The lowest BCUT2D eigenvalue weighted by molar-refractivity contribution is -0.131. The summed E-state index contributed by atoms with van der Waals surface area (Å²) in [6, 6.07) is 14.3. The number of aliphatic carboxylic acids is 1. The predicted molar refractivity (Wildman–Crippen MR) is 173 cm³/mol. The van der Waals surface area contributed by atoms with E-state index >= 15 is 0 Å². The second-order valence-corrected chi connectivity index (χ2v) is 23.1. The third kappa shape index (κ3) is 9.74. The Morgan fingerprint density at radius 3 is 1.88 bits per heavy atom. The van der Waals surface area contributed by atoms with Crippen molar-refractivity contribution in [2.75, 3.05) is 0 Å². The average Bonchev–Trinajstić information content (AvgIpc) is 2.84. The Morgan fingerprint density at radius 2 is 1.35 bits per heavy atom. The highest BCUT2D eigenvalue weighted by atomic mass is 28.4. The van der Waals surface area contributed by atoms with Gasteiger partial charge in [-0.1, -0.05) is 83.7 Å². The lowest BCUT2D eigenvalue weighted by atomic mass is 10.0. The van der Waals surface area contributed by atoms with Crippen molar-refractivity contribution in [3.8, 4) is 11.8 Å². The van der Waals surface area contributed by atoms with Gasteiger partial charge in [-0.15, -0.1) is 0 Å². The first-order chi connectivity index (χ1) is 18.3. The molecule has 0 radical (unpaired) electrons. The summed E-state index contributed by atoms with van der Waals surface area (Å²) in [5.41, 5.74) is 6.10. The number of hydrogen-bond donors (Lipinski definition) is 1. The Morgan fingerprint density at radius 1 is 0.825 bits per heavy atom. The van der Waals surface area contributed by atoms with Crippen LogP contribution in [-0.4, -0.2) is 27.7 Å². The van der Waals surface area contributed by atoms with Crippen LogP contribution in [-0.2, 0) is 26.9 Å². The van der Waals surface area contributed by atoms with Gasteiger partial charge in [0.15, 0.2) is 16.6 Å². The Hall–Kier alpha value is -2.70. The first-order valence-electron chi connectivity index (χ1n) is 13.9. The third-order valence-electron chi connectivity index (χ3n) is 8.25. The maximum atomic E-state index is 10.7. The van der Waals surface area contributed by atoms with Gasteiger partial charge < -0.3 is 14.0 Å². The second kappa shape index (κ2) is 13.3. The number of benzene rings is 2. The van der Waals surface area contributed by atoms with Gasteiger partial charge in [0.1, 0.15) is 0 Å². The van der Waals surface area contributed by atoms with Crippen molar-refractivity contribution in [3.05, 3.63) is 88.5 Å². The molecule has 216 valence electrons. The topological polar surface area (TPSA) is 55.8 Å². The molecule has 0 bridgehead atoms. The smallest absolute Gasteiger partial charge is 0.328 e. The van der Waals surface area contributed by atoms with Crippen LogP contribution < -0.4 is 0 Å². The maximum Gasteiger partial charge on any atom is 0.328 e. The van der Waals surface area contributed by atoms with Crippen molar-refractivity contribution < 1.29 is 18.8 Å². The molecule has 0 aromatic heterocycles. The summed E-state index contributed by atoms with van der Waals surface area (Å²) in [5.74, 6) is 5.68. The lowest BCUT2D eigenvalue weighted by Gasteiger charge is -2.37. The van der Waals surface area contributed by atoms with Gasteiger partial charge in [-0.05, 0) is 89.7 Å². The first kappa shape index (κ1) is 33.5. The largest absolute Gasteiger partial charge is 0.478 e. The van der Waals surface area contributed by atoms with Crippen LogP contribution in [0.2, 0.25) is 36.3 Å². The Labute approximate surface area is 244 Å². The monoisotopic (exact) mass is 576 g/mol. The standard InChI is InChI=1S/C34H48O4Si2/c1-26(14-12-17-32(35)36)29-16-13-15-27(22-29)18-19-28-20-21-30(24-37-39(8,9)33(2,3)4)31(23-28)25-38-40(10,11)34(5,6)7/h12-17,20-23H,24-25H2,1-11H3,(H,35,36). The second-order valence-electron chi connectivity index (χ2n) is 13.5. The summed E-state index contributed by atoms with van der Waals surface area (Å²) < 4.78 is 13.2. The van der Waals surface area contributed by atoms with Crippen molar-refractivity contribution >= 4 is 28.2 Å². The van der Waals surface area contributed by atoms with E-state index in [0.717, 1.165) is 39.5 Å². The van der Waals surface area contributed by atoms with Gasteiger partial charge >= 0.3 is 5.97 Å². The zero-order valence-corrected chi connectivity index (χ0v) is 28.4. The molecule has 0 fully saturated rings. The van der Waals surface area contributed by atoms with Crippen molar-refractivity contribution in [2.45, 2.75) is 97.9 Å². The molecule has 2 rings (SSSR count). The molecule has 4 nitrogen and oxygen atoms in total. The van der Waals surface area contributed by atoms with Gasteiger partial charge in [0.2, 0.25) is 0 Å². The quantitative estimate of drug-likeness (QED) is 0.140. The van der Waals surface area contributed by atoms with Crippen molar-refractivity contribution in [1.29, 1.82) is 0 Å². The molecule has 6 heteroatoms. The summed E-state index contributed by atoms with van der Waals surface area (Å²) in [6.07, 6.45) is 4.46. The number of carboxylic acids is 1. The van der Waals surface area contributed by atoms with E-state index in [1.165, 1.54) is 0 Å². The minimum absolute atomic E-state index is 0.128. The van der Waals surface area contributed by atoms with Gasteiger partial charge in [0, 0.05) is 17.2 Å². The molecule has 2 aromatic rings. The van der Waals surface area contributed by atoms with Gasteiger partial charge in [0.05, 0.1) is 13.2 Å². The fraction of sp³-hybridized carbons (Fsp3) is 0.441. The summed E-state index contributed by atoms with van der Waals surface area (Å²) in [5, 5.41) is 9.09. The van der Waals surface area contributed by atoms with E-state index in [9.17, 15) is 4.79 Å². The van der Waals surface area contributed by atoms with Crippen molar-refractivity contribution in [1.82, 2.24) is 0 Å². The summed E-state index contributed by atoms with van der Waals surface area (Å²) >= 11 is 0. The van der Waals surface area contributed by atoms with E-state index in [-0.39, 0.29) is 10.1 Å². The third-order valence-corrected chi connectivity index (χ3v) is 17.2. The molecule has 0 aliphatic heterocycles. The molecule has 0 saturated heterocycles. The fourth-order valence-corrected chi connectivity index (χ4v) is 5.18. The molecular formula is C34H48O4Si2. The van der Waals surface area contributed by atoms with Crippen molar-refractivity contribution in [3.63, 3.8) is 0 Å². The molecule has 0 atom stereocenters. The average molecular weight is 577 g/mol. The van der Waals surface area contributed by atoms with Crippen LogP contribution in [0.15, 0.2) is 60.7 Å². The van der Waals surface area contributed by atoms with E-state index in [1.54, 1.807) is 12.2 Å². The lowest BCUT2D eigenvalue weighted by Crippen LogP contribution is -2.41. The molecular weight excluding hydrogens is 529 g/mol. The van der Waals surface area contributed by atoms with Gasteiger partial charge in [-0.25, -0.2) is 4.79 Å². The molecule has 0 saturated carbocycles. The Kier molecular flexibility index (Phi) is 11.2. The molecule has 0 amide bonds. The molecule has 40 heavy (non-hydrogen) atoms. The van der Waals surface area contributed by atoms with E-state index in [2.05, 4.69) is 97.8 Å². The van der Waals surface area contributed by atoms with E-state index in [0.29, 0.717) is 13.2 Å². The van der Waals surface area contributed by atoms with Crippen molar-refractivity contribution in [2.24, 2.45) is 0 Å². The number of rotatable bonds is 9. The van der Waals surface area contributed by atoms with E-state index in [1.807, 2.05) is 31.2 Å². The zero-order valence-electron chi connectivity index (χ0n) is 26.4. The number of allylic oxidation sites excluding steroid dienone is 3. The van der Waals surface area contributed by atoms with Gasteiger partial charge in [-0.2, -0.15) is 0 Å². The number of carboxylic acid groups (broad SMARTS) is 1. The summed E-state index contributed by atoms with van der Waals surface area (Å²) in [6.45, 7) is 25.8. The summed E-state index contributed by atoms with van der Waals surface area (Å²) in [7, 11) is -3.83. The highest BCUT2D eigenvalue weighted by Gasteiger charge is 2.38. The minimum atomic E-state index is -1.93. The Balaban J connectivity index is 2.38.